The zero-order valence-electron chi connectivity index (χ0n) is 13.4. The Balaban J connectivity index is 0.00000441. The number of carbonyl (C=O) groups is 2. The second kappa shape index (κ2) is 10.0. The summed E-state index contributed by atoms with van der Waals surface area (Å²) in [5.74, 6) is -0.146. The molecule has 22 heavy (non-hydrogen) atoms. The molecule has 1 aromatic carbocycles. The van der Waals surface area contributed by atoms with Gasteiger partial charge in [-0.2, -0.15) is 0 Å². The third-order valence-electron chi connectivity index (χ3n) is 2.79. The number of benzene rings is 1. The summed E-state index contributed by atoms with van der Waals surface area (Å²) in [6.07, 6.45) is 0. The van der Waals surface area contributed by atoms with Gasteiger partial charge in [0, 0.05) is 29.9 Å². The lowest BCUT2D eigenvalue weighted by molar-refractivity contribution is -0.119. The minimum Gasteiger partial charge on any atom is -0.336 e. The first-order chi connectivity index (χ1) is 9.92. The summed E-state index contributed by atoms with van der Waals surface area (Å²) in [4.78, 5) is 23.4. The van der Waals surface area contributed by atoms with Crippen LogP contribution in [0.5, 0.6) is 0 Å². The molecule has 6 nitrogen and oxygen atoms in total. The van der Waals surface area contributed by atoms with Crippen molar-refractivity contribution < 1.29 is 9.59 Å². The van der Waals surface area contributed by atoms with Gasteiger partial charge in [-0.1, -0.05) is 6.92 Å². The molecule has 1 unspecified atom stereocenters. The molecule has 0 radical (unpaired) electrons. The van der Waals surface area contributed by atoms with Crippen LogP contribution in [0.15, 0.2) is 24.3 Å². The minimum absolute atomic E-state index is 0. The lowest BCUT2D eigenvalue weighted by Crippen LogP contribution is -2.34. The number of halogens is 1. The van der Waals surface area contributed by atoms with E-state index in [0.29, 0.717) is 17.9 Å². The monoisotopic (exact) mass is 328 g/mol. The van der Waals surface area contributed by atoms with Crippen LogP contribution in [0, 0.1) is 5.92 Å². The Morgan fingerprint density at radius 3 is 1.95 bits per heavy atom. The largest absolute Gasteiger partial charge is 0.336 e. The third-order valence-corrected chi connectivity index (χ3v) is 2.79. The van der Waals surface area contributed by atoms with Gasteiger partial charge < -0.3 is 21.3 Å². The van der Waals surface area contributed by atoms with Gasteiger partial charge in [0.15, 0.2) is 0 Å². The highest BCUT2D eigenvalue weighted by molar-refractivity contribution is 5.93. The molecule has 0 fully saturated rings. The fourth-order valence-electron chi connectivity index (χ4n) is 1.73. The van der Waals surface area contributed by atoms with E-state index in [2.05, 4.69) is 21.3 Å². The third kappa shape index (κ3) is 7.28. The Bertz CT molecular complexity index is 477. The molecular formula is C15H25ClN4O2. The molecule has 0 bridgehead atoms. The van der Waals surface area contributed by atoms with Crippen LogP contribution in [-0.4, -0.2) is 31.6 Å². The Labute approximate surface area is 137 Å². The molecule has 0 aliphatic rings. The standard InChI is InChI=1S/C15H24N4O2.ClH/c1-10(2)17-15(21)19-13-7-5-12(6-8-13)18-14(20)11(3)9-16-4;/h5-8,10-11,16H,9H2,1-4H3,(H,18,20)(H2,17,19,21);1H. The predicted molar refractivity (Wildman–Crippen MR) is 92.7 cm³/mol. The Morgan fingerprint density at radius 2 is 1.50 bits per heavy atom. The van der Waals surface area contributed by atoms with Crippen molar-refractivity contribution in [3.05, 3.63) is 24.3 Å². The zero-order chi connectivity index (χ0) is 15.8. The van der Waals surface area contributed by atoms with E-state index in [1.54, 1.807) is 24.3 Å². The second-order valence-electron chi connectivity index (χ2n) is 5.28. The number of hydrogen-bond donors (Lipinski definition) is 4. The van der Waals surface area contributed by atoms with Gasteiger partial charge in [0.25, 0.3) is 0 Å². The van der Waals surface area contributed by atoms with Gasteiger partial charge in [-0.15, -0.1) is 12.4 Å². The van der Waals surface area contributed by atoms with Crippen LogP contribution < -0.4 is 21.3 Å². The molecule has 0 spiro atoms. The van der Waals surface area contributed by atoms with Gasteiger partial charge in [-0.05, 0) is 45.2 Å². The first-order valence-electron chi connectivity index (χ1n) is 7.05. The summed E-state index contributed by atoms with van der Waals surface area (Å²) in [7, 11) is 1.81. The molecule has 7 heteroatoms. The first-order valence-corrected chi connectivity index (χ1v) is 7.05. The van der Waals surface area contributed by atoms with Crippen molar-refractivity contribution >= 4 is 35.7 Å². The number of amides is 3. The van der Waals surface area contributed by atoms with Gasteiger partial charge in [-0.25, -0.2) is 4.79 Å². The maximum absolute atomic E-state index is 11.9. The molecule has 0 saturated heterocycles. The molecule has 0 saturated carbocycles. The van der Waals surface area contributed by atoms with Crippen LogP contribution in [0.1, 0.15) is 20.8 Å². The molecule has 1 aromatic rings. The van der Waals surface area contributed by atoms with Crippen molar-refractivity contribution in [1.29, 1.82) is 0 Å². The maximum Gasteiger partial charge on any atom is 0.319 e. The van der Waals surface area contributed by atoms with Crippen molar-refractivity contribution in [3.8, 4) is 0 Å². The van der Waals surface area contributed by atoms with E-state index in [9.17, 15) is 9.59 Å². The number of nitrogens with one attached hydrogen (secondary N) is 4. The van der Waals surface area contributed by atoms with E-state index < -0.39 is 0 Å². The lowest BCUT2D eigenvalue weighted by atomic mass is 10.1. The smallest absolute Gasteiger partial charge is 0.319 e. The molecule has 0 heterocycles. The molecule has 124 valence electrons. The van der Waals surface area contributed by atoms with E-state index in [1.807, 2.05) is 27.8 Å². The average Bonchev–Trinajstić information content (AvgIpc) is 2.40. The highest BCUT2D eigenvalue weighted by atomic mass is 35.5. The van der Waals surface area contributed by atoms with Crippen molar-refractivity contribution in [3.63, 3.8) is 0 Å². The van der Waals surface area contributed by atoms with E-state index in [-0.39, 0.29) is 36.3 Å². The minimum atomic E-state index is -0.246. The van der Waals surface area contributed by atoms with Crippen LogP contribution in [0.2, 0.25) is 0 Å². The van der Waals surface area contributed by atoms with Gasteiger partial charge in [0.1, 0.15) is 0 Å². The summed E-state index contributed by atoms with van der Waals surface area (Å²) < 4.78 is 0. The van der Waals surface area contributed by atoms with Gasteiger partial charge >= 0.3 is 6.03 Å². The second-order valence-corrected chi connectivity index (χ2v) is 5.28. The van der Waals surface area contributed by atoms with Crippen molar-refractivity contribution in [1.82, 2.24) is 10.6 Å². The Morgan fingerprint density at radius 1 is 1.00 bits per heavy atom. The summed E-state index contributed by atoms with van der Waals surface area (Å²) in [6, 6.07) is 6.85. The van der Waals surface area contributed by atoms with E-state index >= 15 is 0 Å². The summed E-state index contributed by atoms with van der Waals surface area (Å²) >= 11 is 0. The molecule has 0 aromatic heterocycles. The predicted octanol–water partition coefficient (Wildman–Crippen LogP) is 2.43. The van der Waals surface area contributed by atoms with Gasteiger partial charge in [0.2, 0.25) is 5.91 Å². The van der Waals surface area contributed by atoms with E-state index in [1.165, 1.54) is 0 Å². The van der Waals surface area contributed by atoms with E-state index in [0.717, 1.165) is 0 Å². The number of urea groups is 1. The quantitative estimate of drug-likeness (QED) is 0.647. The molecule has 0 aliphatic heterocycles. The number of carbonyl (C=O) groups excluding carboxylic acids is 2. The zero-order valence-corrected chi connectivity index (χ0v) is 14.2. The summed E-state index contributed by atoms with van der Waals surface area (Å²) in [6.45, 7) is 6.27. The number of rotatable bonds is 6. The SMILES string of the molecule is CNCC(C)C(=O)Nc1ccc(NC(=O)NC(C)C)cc1.Cl. The molecule has 3 amide bonds. The summed E-state index contributed by atoms with van der Waals surface area (Å²) in [5, 5.41) is 11.3. The van der Waals surface area contributed by atoms with Crippen molar-refractivity contribution in [2.75, 3.05) is 24.2 Å². The highest BCUT2D eigenvalue weighted by Gasteiger charge is 2.11. The van der Waals surface area contributed by atoms with Crippen molar-refractivity contribution in [2.24, 2.45) is 5.92 Å². The Hall–Kier alpha value is -1.79. The topological polar surface area (TPSA) is 82.3 Å². The van der Waals surface area contributed by atoms with Crippen LogP contribution in [0.4, 0.5) is 16.2 Å². The molecule has 0 aliphatic carbocycles. The van der Waals surface area contributed by atoms with Gasteiger partial charge in [-0.3, -0.25) is 4.79 Å². The average molecular weight is 329 g/mol. The maximum atomic E-state index is 11.9. The molecular weight excluding hydrogens is 304 g/mol. The number of anilines is 2. The van der Waals surface area contributed by atoms with Crippen LogP contribution in [0.3, 0.4) is 0 Å². The first kappa shape index (κ1) is 20.2. The fraction of sp³-hybridized carbons (Fsp3) is 0.467. The van der Waals surface area contributed by atoms with Crippen LogP contribution >= 0.6 is 12.4 Å². The number of hydrogen-bond acceptors (Lipinski definition) is 3. The fourth-order valence-corrected chi connectivity index (χ4v) is 1.73. The molecule has 1 rings (SSSR count). The molecule has 1 atom stereocenters. The summed E-state index contributed by atoms with van der Waals surface area (Å²) in [5.41, 5.74) is 1.38. The van der Waals surface area contributed by atoms with Gasteiger partial charge in [0.05, 0.1) is 0 Å². The normalized spacial score (nSPS) is 11.3. The lowest BCUT2D eigenvalue weighted by Gasteiger charge is -2.13. The van der Waals surface area contributed by atoms with Crippen LogP contribution in [-0.2, 0) is 4.79 Å². The van der Waals surface area contributed by atoms with Crippen molar-refractivity contribution in [2.45, 2.75) is 26.8 Å². The highest BCUT2D eigenvalue weighted by Crippen LogP contribution is 2.14. The Kier molecular flexibility index (Phi) is 9.21. The van der Waals surface area contributed by atoms with Crippen LogP contribution in [0.25, 0.3) is 0 Å². The van der Waals surface area contributed by atoms with E-state index in [4.69, 9.17) is 0 Å². The molecule has 4 N–H and O–H groups in total.